The van der Waals surface area contributed by atoms with E-state index in [1.807, 2.05) is 45.0 Å². The molecule has 0 aliphatic heterocycles. The van der Waals surface area contributed by atoms with Gasteiger partial charge in [-0.3, -0.25) is 0 Å². The zero-order chi connectivity index (χ0) is 15.9. The standard InChI is InChI=1S/C16H26N2O3/c1-12(9-16(2,3)21-4)18-15(20)17-10-13-7-5-6-8-14(13)11-19/h5-8,12,19H,9-11H2,1-4H3,(H2,17,18,20). The molecule has 1 aromatic rings. The third-order valence-electron chi connectivity index (χ3n) is 3.46. The number of rotatable bonds is 7. The Morgan fingerprint density at radius 3 is 2.52 bits per heavy atom. The van der Waals surface area contributed by atoms with E-state index in [1.165, 1.54) is 0 Å². The molecule has 5 nitrogen and oxygen atoms in total. The normalized spacial score (nSPS) is 12.8. The van der Waals surface area contributed by atoms with Crippen molar-refractivity contribution in [2.45, 2.75) is 52.0 Å². The van der Waals surface area contributed by atoms with Crippen molar-refractivity contribution in [1.82, 2.24) is 10.6 Å². The maximum atomic E-state index is 11.9. The first-order valence-electron chi connectivity index (χ1n) is 7.15. The van der Waals surface area contributed by atoms with Crippen molar-refractivity contribution in [2.24, 2.45) is 0 Å². The van der Waals surface area contributed by atoms with Gasteiger partial charge in [-0.25, -0.2) is 4.79 Å². The molecule has 118 valence electrons. The first-order chi connectivity index (χ1) is 9.88. The van der Waals surface area contributed by atoms with Gasteiger partial charge in [-0.1, -0.05) is 24.3 Å². The summed E-state index contributed by atoms with van der Waals surface area (Å²) in [6, 6.07) is 7.28. The molecule has 21 heavy (non-hydrogen) atoms. The van der Waals surface area contributed by atoms with Crippen LogP contribution in [0.2, 0.25) is 0 Å². The molecule has 1 rings (SSSR count). The Labute approximate surface area is 126 Å². The van der Waals surface area contributed by atoms with Crippen LogP contribution in [0.25, 0.3) is 0 Å². The molecule has 0 fully saturated rings. The number of nitrogens with one attached hydrogen (secondary N) is 2. The zero-order valence-corrected chi connectivity index (χ0v) is 13.3. The molecular formula is C16H26N2O3. The fourth-order valence-electron chi connectivity index (χ4n) is 2.21. The number of urea groups is 1. The number of aliphatic hydroxyl groups excluding tert-OH is 1. The molecule has 0 saturated heterocycles. The maximum Gasteiger partial charge on any atom is 0.315 e. The van der Waals surface area contributed by atoms with Crippen LogP contribution in [0.1, 0.15) is 38.3 Å². The van der Waals surface area contributed by atoms with Gasteiger partial charge in [0.1, 0.15) is 0 Å². The predicted octanol–water partition coefficient (Wildman–Crippen LogP) is 2.18. The number of carbonyl (C=O) groups excluding carboxylic acids is 1. The molecule has 0 aliphatic rings. The molecule has 0 bridgehead atoms. The van der Waals surface area contributed by atoms with Gasteiger partial charge in [-0.05, 0) is 38.3 Å². The summed E-state index contributed by atoms with van der Waals surface area (Å²) in [5, 5.41) is 14.9. The van der Waals surface area contributed by atoms with Crippen LogP contribution in [0.5, 0.6) is 0 Å². The third kappa shape index (κ3) is 6.14. The number of benzene rings is 1. The molecule has 0 heterocycles. The van der Waals surface area contributed by atoms with E-state index >= 15 is 0 Å². The van der Waals surface area contributed by atoms with Crippen LogP contribution in [-0.4, -0.2) is 29.9 Å². The minimum atomic E-state index is -0.268. The predicted molar refractivity (Wildman–Crippen MR) is 82.9 cm³/mol. The molecule has 0 spiro atoms. The fourth-order valence-corrected chi connectivity index (χ4v) is 2.21. The molecule has 1 atom stereocenters. The highest BCUT2D eigenvalue weighted by molar-refractivity contribution is 5.74. The van der Waals surface area contributed by atoms with Crippen molar-refractivity contribution in [3.8, 4) is 0 Å². The lowest BCUT2D eigenvalue weighted by Gasteiger charge is -2.27. The van der Waals surface area contributed by atoms with Crippen LogP contribution in [0, 0.1) is 0 Å². The number of carbonyl (C=O) groups is 1. The van der Waals surface area contributed by atoms with E-state index in [9.17, 15) is 9.90 Å². The molecule has 2 amide bonds. The van der Waals surface area contributed by atoms with Gasteiger partial charge in [0.25, 0.3) is 0 Å². The smallest absolute Gasteiger partial charge is 0.315 e. The highest BCUT2D eigenvalue weighted by Crippen LogP contribution is 2.15. The third-order valence-corrected chi connectivity index (χ3v) is 3.46. The molecule has 3 N–H and O–H groups in total. The minimum Gasteiger partial charge on any atom is -0.392 e. The Kier molecular flexibility index (Phi) is 6.65. The molecular weight excluding hydrogens is 268 g/mol. The summed E-state index contributed by atoms with van der Waals surface area (Å²) in [6.07, 6.45) is 0.726. The lowest BCUT2D eigenvalue weighted by Crippen LogP contribution is -2.43. The van der Waals surface area contributed by atoms with Crippen molar-refractivity contribution in [3.63, 3.8) is 0 Å². The Balaban J connectivity index is 2.44. The Bertz CT molecular complexity index is 461. The number of amides is 2. The van der Waals surface area contributed by atoms with Crippen LogP contribution in [0.3, 0.4) is 0 Å². The Hall–Kier alpha value is -1.59. The number of hydrogen-bond donors (Lipinski definition) is 3. The van der Waals surface area contributed by atoms with Crippen molar-refractivity contribution in [2.75, 3.05) is 7.11 Å². The molecule has 1 aromatic carbocycles. The number of ether oxygens (including phenoxy) is 1. The summed E-state index contributed by atoms with van der Waals surface area (Å²) < 4.78 is 5.35. The Morgan fingerprint density at radius 2 is 1.95 bits per heavy atom. The van der Waals surface area contributed by atoms with Crippen molar-refractivity contribution < 1.29 is 14.6 Å². The molecule has 0 radical (unpaired) electrons. The van der Waals surface area contributed by atoms with E-state index < -0.39 is 0 Å². The SMILES string of the molecule is COC(C)(C)CC(C)NC(=O)NCc1ccccc1CO. The van der Waals surface area contributed by atoms with Crippen LogP contribution < -0.4 is 10.6 Å². The van der Waals surface area contributed by atoms with Gasteiger partial charge < -0.3 is 20.5 Å². The van der Waals surface area contributed by atoms with Gasteiger partial charge in [-0.2, -0.15) is 0 Å². The van der Waals surface area contributed by atoms with E-state index in [2.05, 4.69) is 10.6 Å². The summed E-state index contributed by atoms with van der Waals surface area (Å²) in [4.78, 5) is 11.9. The van der Waals surface area contributed by atoms with E-state index in [-0.39, 0.29) is 24.3 Å². The largest absolute Gasteiger partial charge is 0.392 e. The van der Waals surface area contributed by atoms with Gasteiger partial charge in [0.15, 0.2) is 0 Å². The van der Waals surface area contributed by atoms with E-state index in [0.29, 0.717) is 6.54 Å². The van der Waals surface area contributed by atoms with Gasteiger partial charge in [-0.15, -0.1) is 0 Å². The second kappa shape index (κ2) is 8.00. The first kappa shape index (κ1) is 17.5. The monoisotopic (exact) mass is 294 g/mol. The fraction of sp³-hybridized carbons (Fsp3) is 0.562. The average Bonchev–Trinajstić information content (AvgIpc) is 2.44. The molecule has 0 saturated carbocycles. The molecule has 1 unspecified atom stereocenters. The highest BCUT2D eigenvalue weighted by atomic mass is 16.5. The molecule has 0 aromatic heterocycles. The van der Waals surface area contributed by atoms with Crippen molar-refractivity contribution in [1.29, 1.82) is 0 Å². The number of aliphatic hydroxyl groups is 1. The van der Waals surface area contributed by atoms with Gasteiger partial charge in [0.2, 0.25) is 0 Å². The van der Waals surface area contributed by atoms with E-state index in [4.69, 9.17) is 4.74 Å². The topological polar surface area (TPSA) is 70.6 Å². The second-order valence-electron chi connectivity index (χ2n) is 5.82. The summed E-state index contributed by atoms with van der Waals surface area (Å²) in [6.45, 7) is 6.28. The van der Waals surface area contributed by atoms with Gasteiger partial charge >= 0.3 is 6.03 Å². The first-order valence-corrected chi connectivity index (χ1v) is 7.15. The molecule has 5 heteroatoms. The molecule has 0 aliphatic carbocycles. The van der Waals surface area contributed by atoms with E-state index in [0.717, 1.165) is 17.5 Å². The van der Waals surface area contributed by atoms with Gasteiger partial charge in [0, 0.05) is 19.7 Å². The summed E-state index contributed by atoms with van der Waals surface area (Å²) in [5.74, 6) is 0. The van der Waals surface area contributed by atoms with Crippen LogP contribution in [0.4, 0.5) is 4.79 Å². The summed E-state index contributed by atoms with van der Waals surface area (Å²) >= 11 is 0. The van der Waals surface area contributed by atoms with Crippen LogP contribution >= 0.6 is 0 Å². The van der Waals surface area contributed by atoms with Crippen LogP contribution in [-0.2, 0) is 17.9 Å². The van der Waals surface area contributed by atoms with E-state index in [1.54, 1.807) is 7.11 Å². The Morgan fingerprint density at radius 1 is 1.33 bits per heavy atom. The number of methoxy groups -OCH3 is 1. The second-order valence-corrected chi connectivity index (χ2v) is 5.82. The summed E-state index contributed by atoms with van der Waals surface area (Å²) in [5.41, 5.74) is 1.47. The van der Waals surface area contributed by atoms with Gasteiger partial charge in [0.05, 0.1) is 12.2 Å². The zero-order valence-electron chi connectivity index (χ0n) is 13.3. The highest BCUT2D eigenvalue weighted by Gasteiger charge is 2.21. The van der Waals surface area contributed by atoms with Crippen molar-refractivity contribution >= 4 is 6.03 Å². The van der Waals surface area contributed by atoms with Crippen LogP contribution in [0.15, 0.2) is 24.3 Å². The lowest BCUT2D eigenvalue weighted by molar-refractivity contribution is 0.00950. The van der Waals surface area contributed by atoms with Crippen molar-refractivity contribution in [3.05, 3.63) is 35.4 Å². The quantitative estimate of drug-likeness (QED) is 0.722. The average molecular weight is 294 g/mol. The minimum absolute atomic E-state index is 0.00744. The lowest BCUT2D eigenvalue weighted by atomic mass is 10.00. The maximum absolute atomic E-state index is 11.9. The summed E-state index contributed by atoms with van der Waals surface area (Å²) in [7, 11) is 1.67. The number of hydrogen-bond acceptors (Lipinski definition) is 3.